The topological polar surface area (TPSA) is 95.5 Å². The van der Waals surface area contributed by atoms with Gasteiger partial charge in [0.2, 0.25) is 11.8 Å². The number of amides is 2. The number of carbonyl (C=O) groups is 3. The lowest BCUT2D eigenvalue weighted by molar-refractivity contribution is -0.148. The summed E-state index contributed by atoms with van der Waals surface area (Å²) in [5, 5.41) is 15.4. The third-order valence-electron chi connectivity index (χ3n) is 8.97. The smallest absolute Gasteiger partial charge is 0.328 e. The van der Waals surface area contributed by atoms with Crippen molar-refractivity contribution in [2.45, 2.75) is 77.8 Å². The summed E-state index contributed by atoms with van der Waals surface area (Å²) in [5.41, 5.74) is -1.34. The number of carboxylic acid groups (broad SMARTS) is 1. The first-order chi connectivity index (χ1) is 13.5. The molecule has 0 unspecified atom stereocenters. The number of hydrogen-bond donors (Lipinski definition) is 3. The highest BCUT2D eigenvalue weighted by molar-refractivity contribution is 5.89. The molecule has 3 fully saturated rings. The molecule has 1 heterocycles. The molecule has 0 saturated heterocycles. The highest BCUT2D eigenvalue weighted by Gasteiger charge is 2.61. The van der Waals surface area contributed by atoms with E-state index in [2.05, 4.69) is 30.6 Å². The first-order valence-corrected chi connectivity index (χ1v) is 11.0. The van der Waals surface area contributed by atoms with Crippen molar-refractivity contribution in [2.24, 2.45) is 34.5 Å². The van der Waals surface area contributed by atoms with E-state index in [4.69, 9.17) is 0 Å². The molecular formula is C23H34N2O4. The Morgan fingerprint density at radius 2 is 1.86 bits per heavy atom. The predicted octanol–water partition coefficient (Wildman–Crippen LogP) is 2.88. The highest BCUT2D eigenvalue weighted by atomic mass is 16.4. The van der Waals surface area contributed by atoms with E-state index in [1.165, 1.54) is 0 Å². The summed E-state index contributed by atoms with van der Waals surface area (Å²) >= 11 is 0. The summed E-state index contributed by atoms with van der Waals surface area (Å²) in [4.78, 5) is 36.4. The molecule has 3 N–H and O–H groups in total. The van der Waals surface area contributed by atoms with Crippen LogP contribution in [0.2, 0.25) is 0 Å². The van der Waals surface area contributed by atoms with Crippen LogP contribution >= 0.6 is 0 Å². The van der Waals surface area contributed by atoms with Crippen molar-refractivity contribution < 1.29 is 19.5 Å². The van der Waals surface area contributed by atoms with Crippen molar-refractivity contribution in [3.63, 3.8) is 0 Å². The van der Waals surface area contributed by atoms with Crippen LogP contribution in [0.1, 0.15) is 66.2 Å². The van der Waals surface area contributed by atoms with Crippen molar-refractivity contribution >= 4 is 17.8 Å². The minimum Gasteiger partial charge on any atom is -0.480 e. The fraction of sp³-hybridized carbons (Fsp3) is 0.783. The lowest BCUT2D eigenvalue weighted by Gasteiger charge is -2.58. The number of fused-ring (bicyclic) bond motifs is 5. The summed E-state index contributed by atoms with van der Waals surface area (Å²) in [6.45, 7) is 7.64. The second-order valence-corrected chi connectivity index (χ2v) is 10.8. The maximum atomic E-state index is 13.1. The lowest BCUT2D eigenvalue weighted by atomic mass is 9.48. The third-order valence-corrected chi connectivity index (χ3v) is 8.97. The molecule has 6 nitrogen and oxygen atoms in total. The minimum absolute atomic E-state index is 0.0101. The Labute approximate surface area is 172 Å². The second kappa shape index (κ2) is 6.58. The van der Waals surface area contributed by atoms with E-state index in [-0.39, 0.29) is 34.6 Å². The van der Waals surface area contributed by atoms with Crippen LogP contribution in [-0.4, -0.2) is 34.5 Å². The van der Waals surface area contributed by atoms with Gasteiger partial charge in [0, 0.05) is 17.4 Å². The molecule has 6 heteroatoms. The molecule has 4 rings (SSSR count). The Hall–Kier alpha value is -1.85. The number of hydrogen-bond acceptors (Lipinski definition) is 3. The fourth-order valence-electron chi connectivity index (χ4n) is 7.21. The summed E-state index contributed by atoms with van der Waals surface area (Å²) in [6.07, 6.45) is 9.82. The molecule has 0 spiro atoms. The van der Waals surface area contributed by atoms with Gasteiger partial charge in [-0.2, -0.15) is 0 Å². The van der Waals surface area contributed by atoms with Crippen LogP contribution < -0.4 is 10.6 Å². The average molecular weight is 403 g/mol. The molecule has 0 aromatic carbocycles. The zero-order chi connectivity index (χ0) is 21.2. The van der Waals surface area contributed by atoms with Gasteiger partial charge in [-0.3, -0.25) is 9.59 Å². The molecule has 0 aromatic heterocycles. The van der Waals surface area contributed by atoms with Crippen LogP contribution in [0.15, 0.2) is 12.2 Å². The summed E-state index contributed by atoms with van der Waals surface area (Å²) in [5.74, 6) is 0.337. The number of aliphatic carboxylic acids is 1. The van der Waals surface area contributed by atoms with E-state index >= 15 is 0 Å². The lowest BCUT2D eigenvalue weighted by Crippen LogP contribution is -2.60. The third kappa shape index (κ3) is 3.01. The normalized spacial score (nSPS) is 43.6. The van der Waals surface area contributed by atoms with Gasteiger partial charge in [0.15, 0.2) is 0 Å². The predicted molar refractivity (Wildman–Crippen MR) is 109 cm³/mol. The zero-order valence-electron chi connectivity index (χ0n) is 18.0. The number of rotatable bonds is 3. The quantitative estimate of drug-likeness (QED) is 0.676. The van der Waals surface area contributed by atoms with Gasteiger partial charge < -0.3 is 15.7 Å². The summed E-state index contributed by atoms with van der Waals surface area (Å²) in [6, 6.07) is 0.211. The zero-order valence-corrected chi connectivity index (χ0v) is 18.0. The SMILES string of the molecule is CC(C)(NC(=O)[C@@H]1CC[C@@H]2[C@H]3CC[C@@H]4NC(=O)C=C[C@@]4(C)[C@@H]3CC[C@]21C)C(=O)O. The molecule has 3 aliphatic carbocycles. The van der Waals surface area contributed by atoms with E-state index in [1.54, 1.807) is 19.9 Å². The van der Waals surface area contributed by atoms with Crippen LogP contribution in [0.4, 0.5) is 0 Å². The average Bonchev–Trinajstić information content (AvgIpc) is 2.99. The summed E-state index contributed by atoms with van der Waals surface area (Å²) < 4.78 is 0. The van der Waals surface area contributed by atoms with Crippen molar-refractivity contribution in [2.75, 3.05) is 0 Å². The molecule has 3 saturated carbocycles. The molecular weight excluding hydrogens is 368 g/mol. The maximum Gasteiger partial charge on any atom is 0.328 e. The molecule has 2 amide bonds. The molecule has 0 radical (unpaired) electrons. The standard InChI is InChI=1S/C23H34N2O4/c1-21(2,20(28)29)25-19(27)16-7-6-14-13-5-8-17-23(4,12-10-18(26)24-17)15(13)9-11-22(14,16)3/h10,12-17H,5-9,11H2,1-4H3,(H,24,26)(H,25,27)(H,28,29)/t13-,14-,15-,16+,17+,22-,23+/m1/s1. The number of nitrogens with one attached hydrogen (secondary N) is 2. The Balaban J connectivity index is 1.56. The maximum absolute atomic E-state index is 13.1. The van der Waals surface area contributed by atoms with Crippen LogP contribution in [0.5, 0.6) is 0 Å². The van der Waals surface area contributed by atoms with E-state index in [9.17, 15) is 19.5 Å². The van der Waals surface area contributed by atoms with E-state index in [1.807, 2.05) is 0 Å². The Kier molecular flexibility index (Phi) is 4.63. The molecule has 0 aromatic rings. The van der Waals surface area contributed by atoms with Gasteiger partial charge in [0.05, 0.1) is 0 Å². The minimum atomic E-state index is -1.25. The first kappa shape index (κ1) is 20.4. The summed E-state index contributed by atoms with van der Waals surface area (Å²) in [7, 11) is 0. The van der Waals surface area contributed by atoms with Gasteiger partial charge in [-0.1, -0.05) is 19.9 Å². The van der Waals surface area contributed by atoms with Crippen LogP contribution in [0.25, 0.3) is 0 Å². The molecule has 29 heavy (non-hydrogen) atoms. The van der Waals surface area contributed by atoms with E-state index in [0.717, 1.165) is 38.5 Å². The van der Waals surface area contributed by atoms with Crippen molar-refractivity contribution in [1.29, 1.82) is 0 Å². The second-order valence-electron chi connectivity index (χ2n) is 10.8. The van der Waals surface area contributed by atoms with Gasteiger partial charge in [0.25, 0.3) is 0 Å². The largest absolute Gasteiger partial charge is 0.480 e. The fourth-order valence-corrected chi connectivity index (χ4v) is 7.21. The highest BCUT2D eigenvalue weighted by Crippen LogP contribution is 2.65. The van der Waals surface area contributed by atoms with Crippen LogP contribution in [0.3, 0.4) is 0 Å². The van der Waals surface area contributed by atoms with Gasteiger partial charge >= 0.3 is 5.97 Å². The first-order valence-electron chi connectivity index (χ1n) is 11.0. The Morgan fingerprint density at radius 3 is 2.55 bits per heavy atom. The monoisotopic (exact) mass is 402 g/mol. The van der Waals surface area contributed by atoms with Gasteiger partial charge in [0.1, 0.15) is 5.54 Å². The Morgan fingerprint density at radius 1 is 1.14 bits per heavy atom. The molecule has 1 aliphatic heterocycles. The van der Waals surface area contributed by atoms with Gasteiger partial charge in [-0.15, -0.1) is 0 Å². The van der Waals surface area contributed by atoms with E-state index < -0.39 is 11.5 Å². The van der Waals surface area contributed by atoms with Crippen molar-refractivity contribution in [3.8, 4) is 0 Å². The van der Waals surface area contributed by atoms with Crippen molar-refractivity contribution in [3.05, 3.63) is 12.2 Å². The van der Waals surface area contributed by atoms with E-state index in [0.29, 0.717) is 17.8 Å². The van der Waals surface area contributed by atoms with Crippen LogP contribution in [-0.2, 0) is 14.4 Å². The van der Waals surface area contributed by atoms with Crippen molar-refractivity contribution in [1.82, 2.24) is 10.6 Å². The molecule has 0 bridgehead atoms. The van der Waals surface area contributed by atoms with Gasteiger partial charge in [-0.25, -0.2) is 4.79 Å². The Bertz CT molecular complexity index is 775. The number of carboxylic acids is 1. The molecule has 160 valence electrons. The number of carbonyl (C=O) groups excluding carboxylic acids is 2. The molecule has 4 aliphatic rings. The molecule has 7 atom stereocenters. The van der Waals surface area contributed by atoms with Gasteiger partial charge in [-0.05, 0) is 81.6 Å². The van der Waals surface area contributed by atoms with Crippen LogP contribution in [0, 0.1) is 34.5 Å².